The number of benzene rings is 1. The molecule has 0 unspecified atom stereocenters. The third kappa shape index (κ3) is 1.26. The summed E-state index contributed by atoms with van der Waals surface area (Å²) in [4.78, 5) is 21.4. The van der Waals surface area contributed by atoms with Crippen molar-refractivity contribution in [1.82, 2.24) is 5.32 Å². The SMILES string of the molecule is O=Cc1cccc2c1OC(=O)NC2. The van der Waals surface area contributed by atoms with E-state index in [4.69, 9.17) is 4.74 Å². The van der Waals surface area contributed by atoms with Crippen LogP contribution in [-0.2, 0) is 6.54 Å². The van der Waals surface area contributed by atoms with Crippen LogP contribution in [0, 0.1) is 0 Å². The highest BCUT2D eigenvalue weighted by Gasteiger charge is 2.18. The number of para-hydroxylation sites is 1. The van der Waals surface area contributed by atoms with Crippen molar-refractivity contribution in [2.45, 2.75) is 6.54 Å². The maximum Gasteiger partial charge on any atom is 0.412 e. The second-order valence-corrected chi connectivity index (χ2v) is 2.70. The predicted molar refractivity (Wildman–Crippen MR) is 44.7 cm³/mol. The molecule has 1 N–H and O–H groups in total. The average molecular weight is 177 g/mol. The van der Waals surface area contributed by atoms with Crippen LogP contribution in [0.15, 0.2) is 18.2 Å². The minimum atomic E-state index is -0.512. The molecular formula is C9H7NO3. The van der Waals surface area contributed by atoms with Crippen molar-refractivity contribution in [2.75, 3.05) is 0 Å². The number of amides is 1. The van der Waals surface area contributed by atoms with Gasteiger partial charge < -0.3 is 10.1 Å². The lowest BCUT2D eigenvalue weighted by atomic mass is 10.1. The first-order chi connectivity index (χ1) is 6.31. The van der Waals surface area contributed by atoms with Crippen molar-refractivity contribution in [3.05, 3.63) is 29.3 Å². The van der Waals surface area contributed by atoms with Gasteiger partial charge in [-0.2, -0.15) is 0 Å². The molecule has 0 spiro atoms. The summed E-state index contributed by atoms with van der Waals surface area (Å²) < 4.78 is 4.87. The fourth-order valence-corrected chi connectivity index (χ4v) is 1.26. The van der Waals surface area contributed by atoms with Crippen LogP contribution in [0.2, 0.25) is 0 Å². The first-order valence-corrected chi connectivity index (χ1v) is 3.84. The summed E-state index contributed by atoms with van der Waals surface area (Å²) in [6.07, 6.45) is 0.166. The lowest BCUT2D eigenvalue weighted by molar-refractivity contribution is 0.112. The predicted octanol–water partition coefficient (Wildman–Crippen LogP) is 1.10. The highest BCUT2D eigenvalue weighted by atomic mass is 16.6. The topological polar surface area (TPSA) is 55.4 Å². The van der Waals surface area contributed by atoms with Crippen molar-refractivity contribution < 1.29 is 14.3 Å². The number of hydrogen-bond donors (Lipinski definition) is 1. The lowest BCUT2D eigenvalue weighted by Gasteiger charge is -2.17. The van der Waals surface area contributed by atoms with Gasteiger partial charge in [0.15, 0.2) is 6.29 Å². The Morgan fingerprint density at radius 1 is 1.46 bits per heavy atom. The fourth-order valence-electron chi connectivity index (χ4n) is 1.26. The standard InChI is InChI=1S/C9H7NO3/c11-5-7-3-1-2-6-4-10-9(12)13-8(6)7/h1-3,5H,4H2,(H,10,12). The molecular weight excluding hydrogens is 170 g/mol. The van der Waals surface area contributed by atoms with Crippen LogP contribution in [0.3, 0.4) is 0 Å². The zero-order valence-electron chi connectivity index (χ0n) is 6.74. The van der Waals surface area contributed by atoms with Crippen LogP contribution in [0.4, 0.5) is 4.79 Å². The van der Waals surface area contributed by atoms with Crippen LogP contribution in [0.5, 0.6) is 5.75 Å². The van der Waals surface area contributed by atoms with Gasteiger partial charge in [-0.15, -0.1) is 0 Å². The Bertz CT molecular complexity index is 373. The Morgan fingerprint density at radius 2 is 2.31 bits per heavy atom. The molecule has 1 aliphatic rings. The Hall–Kier alpha value is -1.84. The smallest absolute Gasteiger partial charge is 0.409 e. The van der Waals surface area contributed by atoms with Crippen molar-refractivity contribution >= 4 is 12.4 Å². The molecule has 13 heavy (non-hydrogen) atoms. The largest absolute Gasteiger partial charge is 0.412 e. The molecule has 1 aromatic carbocycles. The molecule has 0 aliphatic carbocycles. The van der Waals surface area contributed by atoms with E-state index in [0.717, 1.165) is 5.56 Å². The van der Waals surface area contributed by atoms with Gasteiger partial charge in [0, 0.05) is 12.1 Å². The van der Waals surface area contributed by atoms with Crippen LogP contribution in [-0.4, -0.2) is 12.4 Å². The number of rotatable bonds is 1. The molecule has 2 rings (SSSR count). The van der Waals surface area contributed by atoms with Gasteiger partial charge in [-0.3, -0.25) is 4.79 Å². The molecule has 4 nitrogen and oxygen atoms in total. The van der Waals surface area contributed by atoms with Gasteiger partial charge in [-0.05, 0) is 6.07 Å². The summed E-state index contributed by atoms with van der Waals surface area (Å²) in [6.45, 7) is 0.413. The van der Waals surface area contributed by atoms with Crippen molar-refractivity contribution in [3.63, 3.8) is 0 Å². The van der Waals surface area contributed by atoms with Crippen molar-refractivity contribution in [2.24, 2.45) is 0 Å². The summed E-state index contributed by atoms with van der Waals surface area (Å²) in [7, 11) is 0. The van der Waals surface area contributed by atoms with E-state index in [-0.39, 0.29) is 0 Å². The number of carbonyl (C=O) groups excluding carboxylic acids is 2. The molecule has 4 heteroatoms. The van der Waals surface area contributed by atoms with E-state index in [1.807, 2.05) is 6.07 Å². The van der Waals surface area contributed by atoms with Crippen molar-refractivity contribution in [1.29, 1.82) is 0 Å². The van der Waals surface area contributed by atoms with Gasteiger partial charge in [0.25, 0.3) is 0 Å². The van der Waals surface area contributed by atoms with Gasteiger partial charge in [0.2, 0.25) is 0 Å². The van der Waals surface area contributed by atoms with E-state index < -0.39 is 6.09 Å². The molecule has 66 valence electrons. The second-order valence-electron chi connectivity index (χ2n) is 2.70. The van der Waals surface area contributed by atoms with E-state index in [0.29, 0.717) is 24.1 Å². The quantitative estimate of drug-likeness (QED) is 0.653. The molecule has 0 atom stereocenters. The Morgan fingerprint density at radius 3 is 3.08 bits per heavy atom. The minimum absolute atomic E-state index is 0.376. The average Bonchev–Trinajstić information content (AvgIpc) is 2.17. The van der Waals surface area contributed by atoms with Crippen molar-refractivity contribution in [3.8, 4) is 5.75 Å². The molecule has 1 aliphatic heterocycles. The molecule has 0 fully saturated rings. The zero-order valence-corrected chi connectivity index (χ0v) is 6.74. The highest BCUT2D eigenvalue weighted by Crippen LogP contribution is 2.25. The van der Waals surface area contributed by atoms with Crippen LogP contribution in [0.25, 0.3) is 0 Å². The summed E-state index contributed by atoms with van der Waals surface area (Å²) in [6, 6.07) is 5.18. The second kappa shape index (κ2) is 2.90. The summed E-state index contributed by atoms with van der Waals surface area (Å²) in [5.41, 5.74) is 1.23. The first-order valence-electron chi connectivity index (χ1n) is 3.84. The summed E-state index contributed by atoms with van der Waals surface area (Å²) >= 11 is 0. The normalized spacial score (nSPS) is 14.0. The van der Waals surface area contributed by atoms with Gasteiger partial charge in [-0.1, -0.05) is 12.1 Å². The number of fused-ring (bicyclic) bond motifs is 1. The van der Waals surface area contributed by atoms with E-state index >= 15 is 0 Å². The maximum absolute atomic E-state index is 10.8. The van der Waals surface area contributed by atoms with Crippen LogP contribution < -0.4 is 10.1 Å². The minimum Gasteiger partial charge on any atom is -0.409 e. The Labute approximate surface area is 74.5 Å². The van der Waals surface area contributed by atoms with Gasteiger partial charge in [0.05, 0.1) is 5.56 Å². The molecule has 0 saturated heterocycles. The lowest BCUT2D eigenvalue weighted by Crippen LogP contribution is -2.31. The number of ether oxygens (including phenoxy) is 1. The highest BCUT2D eigenvalue weighted by molar-refractivity contribution is 5.84. The first kappa shape index (κ1) is 7.79. The zero-order chi connectivity index (χ0) is 9.26. The third-order valence-corrected chi connectivity index (χ3v) is 1.87. The van der Waals surface area contributed by atoms with Crippen LogP contribution >= 0.6 is 0 Å². The number of hydrogen-bond acceptors (Lipinski definition) is 3. The Kier molecular flexibility index (Phi) is 1.73. The van der Waals surface area contributed by atoms with E-state index in [9.17, 15) is 9.59 Å². The molecule has 0 aromatic heterocycles. The summed E-state index contributed by atoms with van der Waals surface area (Å²) in [5.74, 6) is 0.376. The van der Waals surface area contributed by atoms with Crippen LogP contribution in [0.1, 0.15) is 15.9 Å². The molecule has 0 radical (unpaired) electrons. The monoisotopic (exact) mass is 177 g/mol. The van der Waals surface area contributed by atoms with E-state index in [1.165, 1.54) is 0 Å². The molecule has 1 heterocycles. The number of aldehydes is 1. The third-order valence-electron chi connectivity index (χ3n) is 1.87. The van der Waals surface area contributed by atoms with Gasteiger partial charge in [-0.25, -0.2) is 4.79 Å². The maximum atomic E-state index is 10.8. The fraction of sp³-hybridized carbons (Fsp3) is 0.111. The van der Waals surface area contributed by atoms with Gasteiger partial charge in [0.1, 0.15) is 5.75 Å². The van der Waals surface area contributed by atoms with E-state index in [1.54, 1.807) is 12.1 Å². The molecule has 0 bridgehead atoms. The molecule has 0 saturated carbocycles. The number of nitrogens with one attached hydrogen (secondary N) is 1. The van der Waals surface area contributed by atoms with Gasteiger partial charge >= 0.3 is 6.09 Å². The number of carbonyl (C=O) groups is 2. The Balaban J connectivity index is 2.52. The van der Waals surface area contributed by atoms with E-state index in [2.05, 4.69) is 5.32 Å². The molecule has 1 amide bonds. The summed E-state index contributed by atoms with van der Waals surface area (Å²) in [5, 5.41) is 2.51. The molecule has 1 aromatic rings.